The number of fused-ring (bicyclic) bond motifs is 4. The van der Waals surface area contributed by atoms with Crippen molar-refractivity contribution < 1.29 is 0 Å². The summed E-state index contributed by atoms with van der Waals surface area (Å²) in [6, 6.07) is 13.9. The van der Waals surface area contributed by atoms with Gasteiger partial charge in [0.25, 0.3) is 0 Å². The van der Waals surface area contributed by atoms with Crippen molar-refractivity contribution in [3.63, 3.8) is 0 Å². The number of nitrogens with one attached hydrogen (secondary N) is 1. The first-order valence-electron chi connectivity index (χ1n) is 5.89. The summed E-state index contributed by atoms with van der Waals surface area (Å²) >= 11 is 9.71. The maximum atomic E-state index is 6.04. The summed E-state index contributed by atoms with van der Waals surface area (Å²) in [6.45, 7) is 0. The number of benzene rings is 2. The number of rotatable bonds is 0. The standard InChI is InChI=1S/C15H8BrClN2/c16-13-9-3-1-2-4-11(9)18-14-10-6-5-8(17)7-12(10)19-15(13)14/h1-7,19H. The minimum absolute atomic E-state index is 0.722. The van der Waals surface area contributed by atoms with Gasteiger partial charge in [-0.3, -0.25) is 0 Å². The smallest absolute Gasteiger partial charge is 0.0977 e. The summed E-state index contributed by atoms with van der Waals surface area (Å²) in [6.07, 6.45) is 0. The van der Waals surface area contributed by atoms with Gasteiger partial charge in [0.1, 0.15) is 0 Å². The van der Waals surface area contributed by atoms with Crippen LogP contribution in [0, 0.1) is 0 Å². The number of hydrogen-bond donors (Lipinski definition) is 1. The van der Waals surface area contributed by atoms with Crippen LogP contribution in [0.5, 0.6) is 0 Å². The van der Waals surface area contributed by atoms with Gasteiger partial charge in [-0.15, -0.1) is 0 Å². The number of hydrogen-bond acceptors (Lipinski definition) is 1. The molecular formula is C15H8BrClN2. The van der Waals surface area contributed by atoms with E-state index in [-0.39, 0.29) is 0 Å². The van der Waals surface area contributed by atoms with Gasteiger partial charge in [-0.05, 0) is 40.2 Å². The van der Waals surface area contributed by atoms with E-state index < -0.39 is 0 Å². The summed E-state index contributed by atoms with van der Waals surface area (Å²) in [5.41, 5.74) is 3.97. The van der Waals surface area contributed by atoms with E-state index >= 15 is 0 Å². The first kappa shape index (κ1) is 11.3. The molecule has 19 heavy (non-hydrogen) atoms. The van der Waals surface area contributed by atoms with E-state index in [2.05, 4.69) is 27.0 Å². The fourth-order valence-corrected chi connectivity index (χ4v) is 3.24. The summed E-state index contributed by atoms with van der Waals surface area (Å²) < 4.78 is 1.04. The Morgan fingerprint density at radius 2 is 1.89 bits per heavy atom. The highest BCUT2D eigenvalue weighted by Crippen LogP contribution is 2.34. The van der Waals surface area contributed by atoms with E-state index in [1.807, 2.05) is 36.4 Å². The third-order valence-electron chi connectivity index (χ3n) is 3.33. The molecule has 2 aromatic carbocycles. The lowest BCUT2D eigenvalue weighted by molar-refractivity contribution is 1.48. The average molecular weight is 332 g/mol. The van der Waals surface area contributed by atoms with Gasteiger partial charge in [0.2, 0.25) is 0 Å². The molecule has 0 spiro atoms. The second-order valence-electron chi connectivity index (χ2n) is 4.48. The maximum absolute atomic E-state index is 6.04. The van der Waals surface area contributed by atoms with Crippen molar-refractivity contribution in [1.82, 2.24) is 9.97 Å². The Morgan fingerprint density at radius 3 is 2.79 bits per heavy atom. The van der Waals surface area contributed by atoms with Crippen LogP contribution in [0.15, 0.2) is 46.9 Å². The molecule has 0 atom stereocenters. The lowest BCUT2D eigenvalue weighted by Crippen LogP contribution is -1.82. The molecule has 0 radical (unpaired) electrons. The molecule has 4 heteroatoms. The molecule has 0 saturated heterocycles. The van der Waals surface area contributed by atoms with Crippen LogP contribution in [-0.2, 0) is 0 Å². The molecule has 0 fully saturated rings. The van der Waals surface area contributed by atoms with Gasteiger partial charge in [-0.1, -0.05) is 29.8 Å². The zero-order valence-corrected chi connectivity index (χ0v) is 12.1. The predicted molar refractivity (Wildman–Crippen MR) is 83.8 cm³/mol. The Balaban J connectivity index is 2.29. The lowest BCUT2D eigenvalue weighted by Gasteiger charge is -2.01. The SMILES string of the molecule is Clc1ccc2c(c1)[nH]c1c(Br)c3ccccc3nc12. The molecule has 2 aromatic heterocycles. The number of aromatic nitrogens is 2. The molecule has 0 saturated carbocycles. The zero-order chi connectivity index (χ0) is 13.0. The Hall–Kier alpha value is -1.58. The summed E-state index contributed by atoms with van der Waals surface area (Å²) in [4.78, 5) is 8.14. The summed E-state index contributed by atoms with van der Waals surface area (Å²) in [5, 5.41) is 2.92. The van der Waals surface area contributed by atoms with Crippen molar-refractivity contribution in [2.75, 3.05) is 0 Å². The zero-order valence-electron chi connectivity index (χ0n) is 9.74. The fourth-order valence-electron chi connectivity index (χ4n) is 2.44. The van der Waals surface area contributed by atoms with Gasteiger partial charge in [0, 0.05) is 21.3 Å². The number of aromatic amines is 1. The van der Waals surface area contributed by atoms with E-state index in [0.717, 1.165) is 42.3 Å². The second kappa shape index (κ2) is 3.95. The average Bonchev–Trinajstić information content (AvgIpc) is 2.77. The van der Waals surface area contributed by atoms with Crippen LogP contribution in [0.25, 0.3) is 32.8 Å². The fraction of sp³-hybridized carbons (Fsp3) is 0. The third kappa shape index (κ3) is 1.58. The second-order valence-corrected chi connectivity index (χ2v) is 5.71. The van der Waals surface area contributed by atoms with Crippen molar-refractivity contribution >= 4 is 60.4 Å². The van der Waals surface area contributed by atoms with Crippen LogP contribution in [0.4, 0.5) is 0 Å². The van der Waals surface area contributed by atoms with Crippen molar-refractivity contribution in [1.29, 1.82) is 0 Å². The number of nitrogens with zero attached hydrogens (tertiary/aromatic N) is 1. The number of pyridine rings is 1. The molecule has 0 amide bonds. The molecule has 4 aromatic rings. The molecule has 2 heterocycles. The highest BCUT2D eigenvalue weighted by Gasteiger charge is 2.12. The summed E-state index contributed by atoms with van der Waals surface area (Å²) in [7, 11) is 0. The minimum Gasteiger partial charge on any atom is -0.352 e. The normalized spacial score (nSPS) is 11.7. The van der Waals surface area contributed by atoms with Crippen LogP contribution in [0.2, 0.25) is 5.02 Å². The van der Waals surface area contributed by atoms with Crippen molar-refractivity contribution in [2.45, 2.75) is 0 Å². The Bertz CT molecular complexity index is 943. The highest BCUT2D eigenvalue weighted by atomic mass is 79.9. The van der Waals surface area contributed by atoms with E-state index in [0.29, 0.717) is 0 Å². The minimum atomic E-state index is 0.722. The Labute approximate surface area is 122 Å². The molecular weight excluding hydrogens is 324 g/mol. The predicted octanol–water partition coefficient (Wildman–Crippen LogP) is 5.29. The molecule has 2 nitrogen and oxygen atoms in total. The third-order valence-corrected chi connectivity index (χ3v) is 4.38. The van der Waals surface area contributed by atoms with Gasteiger partial charge in [0.05, 0.1) is 21.0 Å². The van der Waals surface area contributed by atoms with E-state index in [1.165, 1.54) is 0 Å². The molecule has 0 aliphatic carbocycles. The Morgan fingerprint density at radius 1 is 1.05 bits per heavy atom. The monoisotopic (exact) mass is 330 g/mol. The van der Waals surface area contributed by atoms with Crippen LogP contribution in [-0.4, -0.2) is 9.97 Å². The molecule has 4 rings (SSSR count). The van der Waals surface area contributed by atoms with Crippen LogP contribution in [0.1, 0.15) is 0 Å². The van der Waals surface area contributed by atoms with Crippen LogP contribution >= 0.6 is 27.5 Å². The molecule has 0 unspecified atom stereocenters. The maximum Gasteiger partial charge on any atom is 0.0977 e. The number of H-pyrrole nitrogens is 1. The Kier molecular flexibility index (Phi) is 2.34. The van der Waals surface area contributed by atoms with Crippen molar-refractivity contribution in [3.05, 3.63) is 52.0 Å². The van der Waals surface area contributed by atoms with Gasteiger partial charge in [0.15, 0.2) is 0 Å². The van der Waals surface area contributed by atoms with Crippen molar-refractivity contribution in [3.8, 4) is 0 Å². The van der Waals surface area contributed by atoms with Crippen LogP contribution in [0.3, 0.4) is 0 Å². The quantitative estimate of drug-likeness (QED) is 0.466. The first-order chi connectivity index (χ1) is 9.24. The highest BCUT2D eigenvalue weighted by molar-refractivity contribution is 9.10. The van der Waals surface area contributed by atoms with Crippen LogP contribution < -0.4 is 0 Å². The molecule has 0 bridgehead atoms. The first-order valence-corrected chi connectivity index (χ1v) is 7.06. The molecule has 92 valence electrons. The van der Waals surface area contributed by atoms with Crippen molar-refractivity contribution in [2.24, 2.45) is 0 Å². The molecule has 0 aliphatic heterocycles. The molecule has 0 aliphatic rings. The van der Waals surface area contributed by atoms with Gasteiger partial charge in [-0.25, -0.2) is 4.98 Å². The summed E-state index contributed by atoms with van der Waals surface area (Å²) in [5.74, 6) is 0. The van der Waals surface area contributed by atoms with Gasteiger partial charge in [-0.2, -0.15) is 0 Å². The lowest BCUT2D eigenvalue weighted by atomic mass is 10.2. The molecule has 1 N–H and O–H groups in total. The van der Waals surface area contributed by atoms with E-state index in [4.69, 9.17) is 16.6 Å². The topological polar surface area (TPSA) is 28.7 Å². The van der Waals surface area contributed by atoms with E-state index in [1.54, 1.807) is 0 Å². The van der Waals surface area contributed by atoms with Gasteiger partial charge >= 0.3 is 0 Å². The van der Waals surface area contributed by atoms with Gasteiger partial charge < -0.3 is 4.98 Å². The van der Waals surface area contributed by atoms with E-state index in [9.17, 15) is 0 Å². The largest absolute Gasteiger partial charge is 0.352 e. The number of halogens is 2. The number of para-hydroxylation sites is 1.